The van der Waals surface area contributed by atoms with Crippen molar-refractivity contribution >= 4 is 33.2 Å². The number of pyridine rings is 1. The lowest BCUT2D eigenvalue weighted by molar-refractivity contribution is -0.137. The van der Waals surface area contributed by atoms with E-state index in [0.29, 0.717) is 32.1 Å². The van der Waals surface area contributed by atoms with Gasteiger partial charge in [0, 0.05) is 38.1 Å². The summed E-state index contributed by atoms with van der Waals surface area (Å²) in [5.41, 5.74) is -0.884. The van der Waals surface area contributed by atoms with Crippen molar-refractivity contribution in [1.29, 1.82) is 0 Å². The van der Waals surface area contributed by atoms with E-state index >= 15 is 0 Å². The minimum atomic E-state index is -4.57. The Morgan fingerprint density at radius 2 is 1.63 bits per heavy atom. The Morgan fingerprint density at radius 1 is 0.971 bits per heavy atom. The number of halogens is 3. The van der Waals surface area contributed by atoms with Crippen LogP contribution < -0.4 is 15.5 Å². The Bertz CT molecular complexity index is 1170. The second-order valence-corrected chi connectivity index (χ2v) is 9.75. The number of carbonyl (C=O) groups is 1. The number of amides is 2. The molecule has 0 saturated carbocycles. The van der Waals surface area contributed by atoms with Crippen molar-refractivity contribution < 1.29 is 35.9 Å². The number of nitrogens with zero attached hydrogens (tertiary/aromatic N) is 3. The summed E-state index contributed by atoms with van der Waals surface area (Å²) in [6.45, 7) is 2.68. The lowest BCUT2D eigenvalue weighted by Gasteiger charge is -2.30. The fourth-order valence-electron chi connectivity index (χ4n) is 3.69. The molecule has 2 saturated heterocycles. The molecule has 3 heterocycles. The summed E-state index contributed by atoms with van der Waals surface area (Å²) in [6.07, 6.45) is -3.34. The maximum atomic E-state index is 13.1. The van der Waals surface area contributed by atoms with Crippen LogP contribution in [0.3, 0.4) is 0 Å². The van der Waals surface area contributed by atoms with Gasteiger partial charge in [-0.2, -0.15) is 17.5 Å². The van der Waals surface area contributed by atoms with Gasteiger partial charge in [-0.1, -0.05) is 6.07 Å². The third-order valence-electron chi connectivity index (χ3n) is 5.46. The van der Waals surface area contributed by atoms with Crippen LogP contribution in [0.5, 0.6) is 0 Å². The second kappa shape index (κ2) is 10.4. The number of sulfonamides is 1. The van der Waals surface area contributed by atoms with Crippen molar-refractivity contribution in [3.8, 4) is 0 Å². The van der Waals surface area contributed by atoms with Crippen LogP contribution in [-0.4, -0.2) is 76.3 Å². The Balaban J connectivity index is 1.60. The molecule has 0 aliphatic carbocycles. The van der Waals surface area contributed by atoms with Gasteiger partial charge in [-0.3, -0.25) is 0 Å². The van der Waals surface area contributed by atoms with Crippen molar-refractivity contribution in [3.63, 3.8) is 0 Å². The van der Waals surface area contributed by atoms with Crippen LogP contribution in [0.4, 0.5) is 35.2 Å². The van der Waals surface area contributed by atoms with Crippen LogP contribution in [0.1, 0.15) is 5.56 Å². The predicted octanol–water partition coefficient (Wildman–Crippen LogP) is 2.60. The SMILES string of the molecule is O=C(Nc1cccc(C(F)(F)F)c1)Nc1cc(S(=O)(=O)N2CCOCC2)cnc1N1CCOCC1. The molecule has 190 valence electrons. The van der Waals surface area contributed by atoms with Crippen molar-refractivity contribution in [2.45, 2.75) is 11.1 Å². The molecule has 4 rings (SSSR count). The van der Waals surface area contributed by atoms with Crippen LogP contribution in [0.25, 0.3) is 0 Å². The van der Waals surface area contributed by atoms with Crippen LogP contribution in [0.15, 0.2) is 41.4 Å². The fourth-order valence-corrected chi connectivity index (χ4v) is 5.07. The molecule has 2 aliphatic heterocycles. The summed E-state index contributed by atoms with van der Waals surface area (Å²) in [4.78, 5) is 18.7. The standard InChI is InChI=1S/C21H24F3N5O5S/c22-21(23,24)15-2-1-3-16(12-15)26-20(30)27-18-13-17(35(31,32)29-6-10-34-11-7-29)14-25-19(18)28-4-8-33-9-5-28/h1-3,12-14H,4-11H2,(H2,26,27,30). The number of aromatic nitrogens is 1. The maximum absolute atomic E-state index is 13.1. The average molecular weight is 516 g/mol. The molecule has 35 heavy (non-hydrogen) atoms. The van der Waals surface area contributed by atoms with E-state index < -0.39 is 27.8 Å². The minimum Gasteiger partial charge on any atom is -0.379 e. The van der Waals surface area contributed by atoms with Gasteiger partial charge in [-0.25, -0.2) is 18.2 Å². The van der Waals surface area contributed by atoms with Gasteiger partial charge in [0.1, 0.15) is 4.90 Å². The quantitative estimate of drug-likeness (QED) is 0.630. The number of morpholine rings is 2. The van der Waals surface area contributed by atoms with E-state index in [1.54, 1.807) is 0 Å². The summed E-state index contributed by atoms with van der Waals surface area (Å²) in [5, 5.41) is 4.90. The zero-order chi connectivity index (χ0) is 25.1. The van der Waals surface area contributed by atoms with Crippen molar-refractivity contribution in [2.24, 2.45) is 0 Å². The molecule has 0 radical (unpaired) electrons. The topological polar surface area (TPSA) is 113 Å². The number of anilines is 3. The minimum absolute atomic E-state index is 0.0738. The Morgan fingerprint density at radius 3 is 2.29 bits per heavy atom. The molecular formula is C21H24F3N5O5S. The maximum Gasteiger partial charge on any atom is 0.416 e. The first-order valence-corrected chi connectivity index (χ1v) is 12.2. The molecule has 2 N–H and O–H groups in total. The van der Waals surface area contributed by atoms with Gasteiger partial charge in [0.25, 0.3) is 0 Å². The molecule has 1 aromatic carbocycles. The van der Waals surface area contributed by atoms with Gasteiger partial charge >= 0.3 is 12.2 Å². The van der Waals surface area contributed by atoms with E-state index in [4.69, 9.17) is 9.47 Å². The molecular weight excluding hydrogens is 491 g/mol. The van der Waals surface area contributed by atoms with E-state index in [-0.39, 0.29) is 42.6 Å². The Kier molecular flexibility index (Phi) is 7.44. The number of rotatable bonds is 5. The zero-order valence-corrected chi connectivity index (χ0v) is 19.4. The molecule has 14 heteroatoms. The van der Waals surface area contributed by atoms with Gasteiger partial charge in [0.05, 0.1) is 37.7 Å². The number of hydrogen-bond acceptors (Lipinski definition) is 7. The lowest BCUT2D eigenvalue weighted by atomic mass is 10.2. The number of benzene rings is 1. The number of alkyl halides is 3. The van der Waals surface area contributed by atoms with Crippen molar-refractivity contribution in [1.82, 2.24) is 9.29 Å². The normalized spacial score (nSPS) is 17.7. The van der Waals surface area contributed by atoms with E-state index in [1.807, 2.05) is 4.90 Å². The van der Waals surface area contributed by atoms with Crippen LogP contribution in [0.2, 0.25) is 0 Å². The second-order valence-electron chi connectivity index (χ2n) is 7.82. The average Bonchev–Trinajstić information content (AvgIpc) is 2.84. The van der Waals surface area contributed by atoms with E-state index in [1.165, 1.54) is 28.7 Å². The third kappa shape index (κ3) is 6.01. The van der Waals surface area contributed by atoms with Gasteiger partial charge in [-0.05, 0) is 24.3 Å². The first-order valence-electron chi connectivity index (χ1n) is 10.8. The highest BCUT2D eigenvalue weighted by molar-refractivity contribution is 7.89. The molecule has 2 amide bonds. The van der Waals surface area contributed by atoms with Crippen LogP contribution in [-0.2, 0) is 25.7 Å². The summed E-state index contributed by atoms with van der Waals surface area (Å²) < 4.78 is 77.0. The van der Waals surface area contributed by atoms with Crippen molar-refractivity contribution in [2.75, 3.05) is 68.1 Å². The first kappa shape index (κ1) is 25.2. The monoisotopic (exact) mass is 515 g/mol. The fraction of sp³-hybridized carbons (Fsp3) is 0.429. The third-order valence-corrected chi connectivity index (χ3v) is 7.32. The predicted molar refractivity (Wildman–Crippen MR) is 121 cm³/mol. The molecule has 2 aromatic rings. The van der Waals surface area contributed by atoms with Crippen LogP contribution >= 0.6 is 0 Å². The van der Waals surface area contributed by atoms with Gasteiger partial charge in [0.15, 0.2) is 5.82 Å². The van der Waals surface area contributed by atoms with Crippen LogP contribution in [0, 0.1) is 0 Å². The Labute approximate surface area is 200 Å². The Hall–Kier alpha value is -2.94. The van der Waals surface area contributed by atoms with E-state index in [2.05, 4.69) is 15.6 Å². The largest absolute Gasteiger partial charge is 0.416 e. The number of hydrogen-bond donors (Lipinski definition) is 2. The lowest BCUT2D eigenvalue weighted by Crippen LogP contribution is -2.41. The van der Waals surface area contributed by atoms with E-state index in [9.17, 15) is 26.4 Å². The number of urea groups is 1. The molecule has 0 atom stereocenters. The number of nitrogens with one attached hydrogen (secondary N) is 2. The highest BCUT2D eigenvalue weighted by Gasteiger charge is 2.31. The highest BCUT2D eigenvalue weighted by Crippen LogP contribution is 2.31. The molecule has 1 aromatic heterocycles. The molecule has 0 bridgehead atoms. The van der Waals surface area contributed by atoms with Gasteiger partial charge < -0.3 is 25.0 Å². The smallest absolute Gasteiger partial charge is 0.379 e. The van der Waals surface area contributed by atoms with Gasteiger partial charge in [0.2, 0.25) is 10.0 Å². The highest BCUT2D eigenvalue weighted by atomic mass is 32.2. The molecule has 2 fully saturated rings. The van der Waals surface area contributed by atoms with E-state index in [0.717, 1.165) is 12.1 Å². The summed E-state index contributed by atoms with van der Waals surface area (Å²) in [7, 11) is -3.90. The summed E-state index contributed by atoms with van der Waals surface area (Å²) in [5.74, 6) is 0.327. The number of carbonyl (C=O) groups excluding carboxylic acids is 1. The molecule has 10 nitrogen and oxygen atoms in total. The molecule has 0 spiro atoms. The summed E-state index contributed by atoms with van der Waals surface area (Å²) in [6, 6.07) is 4.64. The van der Waals surface area contributed by atoms with Crippen molar-refractivity contribution in [3.05, 3.63) is 42.1 Å². The van der Waals surface area contributed by atoms with Gasteiger partial charge in [-0.15, -0.1) is 0 Å². The first-order chi connectivity index (χ1) is 16.6. The number of ether oxygens (including phenoxy) is 2. The summed E-state index contributed by atoms with van der Waals surface area (Å²) >= 11 is 0. The zero-order valence-electron chi connectivity index (χ0n) is 18.5. The molecule has 2 aliphatic rings. The molecule has 0 unspecified atom stereocenters.